The Bertz CT molecular complexity index is 380. The smallest absolute Gasteiger partial charge is 0.225 e. The Labute approximate surface area is 92.0 Å². The molecule has 0 radical (unpaired) electrons. The topological polar surface area (TPSA) is 68.3 Å². The lowest BCUT2D eigenvalue weighted by atomic mass is 11.0. The van der Waals surface area contributed by atoms with Crippen molar-refractivity contribution in [2.24, 2.45) is 0 Å². The molecule has 0 aromatic carbocycles. The second-order valence-electron chi connectivity index (χ2n) is 2.32. The van der Waals surface area contributed by atoms with E-state index in [9.17, 15) is 16.8 Å². The molecule has 0 aromatic heterocycles. The Kier molecular flexibility index (Phi) is 3.95. The number of hydrogen-bond acceptors (Lipinski definition) is 4. The van der Waals surface area contributed by atoms with Crippen LogP contribution in [0, 0.1) is 0 Å². The van der Waals surface area contributed by atoms with Gasteiger partial charge in [-0.15, -0.1) is 11.6 Å². The van der Waals surface area contributed by atoms with E-state index < -0.39 is 27.4 Å². The number of halogens is 3. The van der Waals surface area contributed by atoms with Crippen LogP contribution in [-0.4, -0.2) is 30.8 Å². The Morgan fingerprint density at radius 2 is 1.46 bits per heavy atom. The van der Waals surface area contributed by atoms with Crippen LogP contribution in [0.15, 0.2) is 0 Å². The van der Waals surface area contributed by atoms with E-state index in [1.165, 1.54) is 0 Å². The number of rotatable bonds is 3. The van der Waals surface area contributed by atoms with E-state index in [-0.39, 0.29) is 0 Å². The van der Waals surface area contributed by atoms with Gasteiger partial charge in [0.25, 0.3) is 0 Å². The van der Waals surface area contributed by atoms with Crippen molar-refractivity contribution in [3.8, 4) is 0 Å². The highest BCUT2D eigenvalue weighted by atomic mass is 35.5. The minimum atomic E-state index is -4.33. The fourth-order valence-corrected chi connectivity index (χ4v) is 4.53. The molecule has 80 valence electrons. The maximum absolute atomic E-state index is 11.2. The molecule has 0 saturated carbocycles. The fourth-order valence-electron chi connectivity index (χ4n) is 0.400. The van der Waals surface area contributed by atoms with E-state index in [0.717, 1.165) is 6.92 Å². The van der Waals surface area contributed by atoms with E-state index >= 15 is 0 Å². The van der Waals surface area contributed by atoms with Gasteiger partial charge >= 0.3 is 3.00 Å². The standard InChI is InChI=1S/C4H7Cl3O4S2/c1-3(5)13(10,11)4(6,7)12(2,8)9/h3H,1-2H3. The zero-order chi connectivity index (χ0) is 11.1. The predicted molar refractivity (Wildman–Crippen MR) is 53.5 cm³/mol. The second-order valence-corrected chi connectivity index (χ2v) is 10.3. The van der Waals surface area contributed by atoms with Crippen LogP contribution in [0.3, 0.4) is 0 Å². The molecule has 0 aliphatic carbocycles. The summed E-state index contributed by atoms with van der Waals surface area (Å²) in [5.74, 6) is 0. The zero-order valence-electron chi connectivity index (χ0n) is 6.66. The number of hydrogen-bond donors (Lipinski definition) is 0. The third kappa shape index (κ3) is 2.41. The number of sulfone groups is 2. The summed E-state index contributed by atoms with van der Waals surface area (Å²) in [4.78, 5) is 0. The van der Waals surface area contributed by atoms with Gasteiger partial charge in [0.1, 0.15) is 4.71 Å². The Morgan fingerprint density at radius 1 is 1.15 bits per heavy atom. The molecule has 0 bridgehead atoms. The van der Waals surface area contributed by atoms with Crippen LogP contribution in [0.4, 0.5) is 0 Å². The molecule has 13 heavy (non-hydrogen) atoms. The largest absolute Gasteiger partial charge is 0.319 e. The van der Waals surface area contributed by atoms with Gasteiger partial charge in [0, 0.05) is 6.26 Å². The molecule has 0 spiro atoms. The van der Waals surface area contributed by atoms with E-state index in [0.29, 0.717) is 6.26 Å². The summed E-state index contributed by atoms with van der Waals surface area (Å²) in [5, 5.41) is 0. The molecular formula is C4H7Cl3O4S2. The quantitative estimate of drug-likeness (QED) is 0.730. The van der Waals surface area contributed by atoms with Crippen molar-refractivity contribution in [3.05, 3.63) is 0 Å². The van der Waals surface area contributed by atoms with Gasteiger partial charge in [-0.05, 0) is 6.92 Å². The zero-order valence-corrected chi connectivity index (χ0v) is 10.6. The van der Waals surface area contributed by atoms with Crippen LogP contribution in [0.2, 0.25) is 0 Å². The minimum absolute atomic E-state index is 0.615. The summed E-state index contributed by atoms with van der Waals surface area (Å²) in [6.07, 6.45) is 0.615. The van der Waals surface area contributed by atoms with E-state index in [1.54, 1.807) is 0 Å². The molecule has 0 aliphatic heterocycles. The Hall–Kier alpha value is 0.770. The summed E-state index contributed by atoms with van der Waals surface area (Å²) in [6.45, 7) is 1.07. The molecule has 0 aliphatic rings. The van der Waals surface area contributed by atoms with Gasteiger partial charge < -0.3 is 0 Å². The van der Waals surface area contributed by atoms with Gasteiger partial charge in [-0.2, -0.15) is 0 Å². The highest BCUT2D eigenvalue weighted by Crippen LogP contribution is 2.37. The minimum Gasteiger partial charge on any atom is -0.225 e. The van der Waals surface area contributed by atoms with Crippen molar-refractivity contribution >= 4 is 54.5 Å². The average Bonchev–Trinajstić information content (AvgIpc) is 1.84. The normalized spacial score (nSPS) is 17.0. The summed E-state index contributed by atoms with van der Waals surface area (Å²) >= 11 is 15.6. The van der Waals surface area contributed by atoms with Gasteiger partial charge in [0.15, 0.2) is 9.84 Å². The monoisotopic (exact) mass is 288 g/mol. The molecule has 4 nitrogen and oxygen atoms in total. The van der Waals surface area contributed by atoms with Gasteiger partial charge in [0.2, 0.25) is 9.84 Å². The highest BCUT2D eigenvalue weighted by Gasteiger charge is 2.52. The van der Waals surface area contributed by atoms with Crippen molar-refractivity contribution in [2.45, 2.75) is 14.6 Å². The summed E-state index contributed by atoms with van der Waals surface area (Å²) < 4.78 is 39.9. The van der Waals surface area contributed by atoms with Crippen LogP contribution in [0.1, 0.15) is 6.92 Å². The molecule has 1 unspecified atom stereocenters. The van der Waals surface area contributed by atoms with E-state index in [1.807, 2.05) is 0 Å². The first-order valence-electron chi connectivity index (χ1n) is 2.89. The molecule has 0 heterocycles. The second kappa shape index (κ2) is 3.73. The maximum atomic E-state index is 11.2. The van der Waals surface area contributed by atoms with Crippen LogP contribution in [-0.2, 0) is 19.7 Å². The first-order valence-corrected chi connectivity index (χ1v) is 7.52. The molecule has 0 saturated heterocycles. The van der Waals surface area contributed by atoms with Crippen molar-refractivity contribution < 1.29 is 16.8 Å². The van der Waals surface area contributed by atoms with Crippen LogP contribution >= 0.6 is 34.8 Å². The van der Waals surface area contributed by atoms with Crippen molar-refractivity contribution in [2.75, 3.05) is 6.26 Å². The maximum Gasteiger partial charge on any atom is 0.319 e. The Morgan fingerprint density at radius 3 is 1.54 bits per heavy atom. The SMILES string of the molecule is CC(Cl)S(=O)(=O)C(Cl)(Cl)S(C)(=O)=O. The Balaban J connectivity index is 5.59. The molecule has 9 heteroatoms. The van der Waals surface area contributed by atoms with Gasteiger partial charge in [-0.25, -0.2) is 16.8 Å². The highest BCUT2D eigenvalue weighted by molar-refractivity contribution is 8.14. The lowest BCUT2D eigenvalue weighted by molar-refractivity contribution is 0.583. The van der Waals surface area contributed by atoms with E-state index in [2.05, 4.69) is 0 Å². The van der Waals surface area contributed by atoms with Crippen molar-refractivity contribution in [1.82, 2.24) is 0 Å². The molecule has 0 rings (SSSR count). The molecular weight excluding hydrogens is 283 g/mol. The first kappa shape index (κ1) is 13.8. The lowest BCUT2D eigenvalue weighted by Crippen LogP contribution is -2.38. The van der Waals surface area contributed by atoms with Crippen LogP contribution in [0.25, 0.3) is 0 Å². The summed E-state index contributed by atoms with van der Waals surface area (Å²) in [5.41, 5.74) is 0. The fraction of sp³-hybridized carbons (Fsp3) is 1.00. The third-order valence-electron chi connectivity index (χ3n) is 1.19. The molecule has 0 amide bonds. The van der Waals surface area contributed by atoms with Crippen molar-refractivity contribution in [3.63, 3.8) is 0 Å². The predicted octanol–water partition coefficient (Wildman–Crippen LogP) is 1.12. The van der Waals surface area contributed by atoms with Crippen LogP contribution in [0.5, 0.6) is 0 Å². The molecule has 0 fully saturated rings. The first-order chi connectivity index (χ1) is 5.44. The molecule has 1 atom stereocenters. The summed E-state index contributed by atoms with van der Waals surface area (Å²) in [6, 6.07) is 0. The summed E-state index contributed by atoms with van der Waals surface area (Å²) in [7, 11) is -8.47. The average molecular weight is 290 g/mol. The number of alkyl halides is 3. The van der Waals surface area contributed by atoms with Gasteiger partial charge in [-0.1, -0.05) is 23.2 Å². The van der Waals surface area contributed by atoms with Crippen LogP contribution < -0.4 is 0 Å². The third-order valence-corrected chi connectivity index (χ3v) is 8.85. The molecule has 0 N–H and O–H groups in total. The van der Waals surface area contributed by atoms with Gasteiger partial charge in [-0.3, -0.25) is 0 Å². The molecule has 0 aromatic rings. The van der Waals surface area contributed by atoms with Gasteiger partial charge in [0.05, 0.1) is 0 Å². The van der Waals surface area contributed by atoms with E-state index in [4.69, 9.17) is 34.8 Å². The van der Waals surface area contributed by atoms with Crippen molar-refractivity contribution in [1.29, 1.82) is 0 Å². The lowest BCUT2D eigenvalue weighted by Gasteiger charge is -2.18.